The maximum absolute atomic E-state index is 14.1. The number of hydrogen-bond acceptors (Lipinski definition) is 4. The predicted molar refractivity (Wildman–Crippen MR) is 105 cm³/mol. The maximum Gasteiger partial charge on any atom is 0.249 e. The molecule has 0 saturated carbocycles. The van der Waals surface area contributed by atoms with E-state index in [1.807, 2.05) is 0 Å². The molecule has 8 heteroatoms. The number of nitrogens with one attached hydrogen (secondary N) is 1. The van der Waals surface area contributed by atoms with Gasteiger partial charge < -0.3 is 5.32 Å². The Morgan fingerprint density at radius 1 is 1.22 bits per heavy atom. The van der Waals surface area contributed by atoms with E-state index in [0.29, 0.717) is 25.7 Å². The summed E-state index contributed by atoms with van der Waals surface area (Å²) in [7, 11) is 0. The second kappa shape index (κ2) is 7.65. The Labute approximate surface area is 168 Å². The van der Waals surface area contributed by atoms with Gasteiger partial charge in [-0.3, -0.25) is 9.59 Å². The van der Waals surface area contributed by atoms with E-state index in [4.69, 9.17) is 23.2 Å². The van der Waals surface area contributed by atoms with E-state index in [1.54, 1.807) is 25.1 Å². The van der Waals surface area contributed by atoms with Crippen molar-refractivity contribution < 1.29 is 14.0 Å². The first-order valence-electron chi connectivity index (χ1n) is 7.70. The number of hydrogen-bond donors (Lipinski definition) is 1. The summed E-state index contributed by atoms with van der Waals surface area (Å²) < 4.78 is 14.6. The number of halogens is 3. The lowest BCUT2D eigenvalue weighted by Crippen LogP contribution is -2.28. The van der Waals surface area contributed by atoms with Crippen LogP contribution >= 0.6 is 34.5 Å². The van der Waals surface area contributed by atoms with Crippen LogP contribution in [-0.4, -0.2) is 11.7 Å². The Morgan fingerprint density at radius 2 is 1.89 bits per heavy atom. The Morgan fingerprint density at radius 3 is 2.48 bits per heavy atom. The molecule has 0 fully saturated rings. The predicted octanol–water partition coefficient (Wildman–Crippen LogP) is 5.62. The quantitative estimate of drug-likeness (QED) is 0.439. The molecule has 1 N–H and O–H groups in total. The van der Waals surface area contributed by atoms with Gasteiger partial charge in [0.1, 0.15) is 5.82 Å². The Bertz CT molecular complexity index is 1100. The van der Waals surface area contributed by atoms with Crippen LogP contribution in [0.1, 0.15) is 15.2 Å². The van der Waals surface area contributed by atoms with Crippen LogP contribution in [0.3, 0.4) is 0 Å². The van der Waals surface area contributed by atoms with Gasteiger partial charge >= 0.3 is 0 Å². The highest BCUT2D eigenvalue weighted by Gasteiger charge is 2.31. The number of benzene rings is 2. The highest BCUT2D eigenvalue weighted by atomic mass is 35.5. The number of carbonyl (C=O) groups excluding carboxylic acids is 2. The summed E-state index contributed by atoms with van der Waals surface area (Å²) in [5.74, 6) is -3.52. The van der Waals surface area contributed by atoms with Crippen molar-refractivity contribution in [2.75, 3.05) is 5.32 Å². The van der Waals surface area contributed by atoms with Crippen LogP contribution < -0.4 is 5.32 Å². The van der Waals surface area contributed by atoms with Crippen LogP contribution in [0.4, 0.5) is 10.1 Å². The third kappa shape index (κ3) is 3.81. The number of amides is 1. The molecule has 1 heterocycles. The van der Waals surface area contributed by atoms with E-state index in [-0.39, 0.29) is 10.6 Å². The summed E-state index contributed by atoms with van der Waals surface area (Å²) in [5, 5.41) is 12.8. The molecule has 0 bridgehead atoms. The van der Waals surface area contributed by atoms with Gasteiger partial charge in [-0.2, -0.15) is 5.26 Å². The summed E-state index contributed by atoms with van der Waals surface area (Å²) >= 11 is 12.8. The summed E-state index contributed by atoms with van der Waals surface area (Å²) in [6.45, 7) is 1.60. The van der Waals surface area contributed by atoms with E-state index in [9.17, 15) is 19.2 Å². The number of ketones is 1. The molecule has 0 unspecified atom stereocenters. The number of nitrogens with zero attached hydrogens (tertiary/aromatic N) is 1. The lowest BCUT2D eigenvalue weighted by molar-refractivity contribution is -0.117. The normalized spacial score (nSPS) is 11.8. The number of carbonyl (C=O) groups is 2. The third-order valence-corrected chi connectivity index (χ3v) is 5.62. The number of nitriles is 1. The van der Waals surface area contributed by atoms with Crippen LogP contribution in [0.15, 0.2) is 36.4 Å². The van der Waals surface area contributed by atoms with Gasteiger partial charge in [-0.1, -0.05) is 29.3 Å². The average Bonchev–Trinajstić information content (AvgIpc) is 2.92. The van der Waals surface area contributed by atoms with Crippen molar-refractivity contribution in [2.45, 2.75) is 6.92 Å². The Balaban J connectivity index is 1.92. The van der Waals surface area contributed by atoms with E-state index in [2.05, 4.69) is 5.32 Å². The van der Waals surface area contributed by atoms with Crippen molar-refractivity contribution >= 4 is 62.0 Å². The maximum atomic E-state index is 14.1. The SMILES string of the molecule is Cc1c(C(=O)[C@H](C#N)C(=O)Nc2cc(Cl)cc(Cl)c2)sc2cccc(F)c12. The molecule has 1 atom stereocenters. The summed E-state index contributed by atoms with van der Waals surface area (Å²) in [6.07, 6.45) is 0. The lowest BCUT2D eigenvalue weighted by Gasteiger charge is -2.10. The van der Waals surface area contributed by atoms with Crippen LogP contribution in [0, 0.1) is 30.0 Å². The van der Waals surface area contributed by atoms with Crippen LogP contribution in [0.2, 0.25) is 10.0 Å². The average molecular weight is 421 g/mol. The van der Waals surface area contributed by atoms with Gasteiger partial charge in [0, 0.05) is 25.8 Å². The summed E-state index contributed by atoms with van der Waals surface area (Å²) in [4.78, 5) is 25.4. The van der Waals surface area contributed by atoms with Gasteiger partial charge in [0.25, 0.3) is 0 Å². The number of aryl methyl sites for hydroxylation is 1. The molecular formula is C19H11Cl2FN2O2S. The monoisotopic (exact) mass is 420 g/mol. The molecular weight excluding hydrogens is 410 g/mol. The number of thiophene rings is 1. The molecule has 27 heavy (non-hydrogen) atoms. The number of rotatable bonds is 4. The zero-order valence-corrected chi connectivity index (χ0v) is 16.2. The molecule has 0 aliphatic carbocycles. The zero-order valence-electron chi connectivity index (χ0n) is 13.8. The second-order valence-corrected chi connectivity index (χ2v) is 7.67. The highest BCUT2D eigenvalue weighted by Crippen LogP contribution is 2.34. The van der Waals surface area contributed by atoms with Crippen molar-refractivity contribution in [3.8, 4) is 6.07 Å². The molecule has 4 nitrogen and oxygen atoms in total. The molecule has 1 aromatic heterocycles. The van der Waals surface area contributed by atoms with Gasteiger partial charge in [0.2, 0.25) is 5.91 Å². The van der Waals surface area contributed by atoms with Crippen molar-refractivity contribution in [2.24, 2.45) is 5.92 Å². The number of anilines is 1. The fourth-order valence-electron chi connectivity index (χ4n) is 2.70. The van der Waals surface area contributed by atoms with E-state index < -0.39 is 23.4 Å². The minimum Gasteiger partial charge on any atom is -0.324 e. The molecule has 136 valence electrons. The van der Waals surface area contributed by atoms with Crippen LogP contribution in [0.5, 0.6) is 0 Å². The van der Waals surface area contributed by atoms with Crippen molar-refractivity contribution in [3.63, 3.8) is 0 Å². The van der Waals surface area contributed by atoms with Crippen LogP contribution in [-0.2, 0) is 4.79 Å². The first-order valence-corrected chi connectivity index (χ1v) is 9.27. The van der Waals surface area contributed by atoms with Crippen LogP contribution in [0.25, 0.3) is 10.1 Å². The van der Waals surface area contributed by atoms with Gasteiger partial charge in [-0.15, -0.1) is 11.3 Å². The smallest absolute Gasteiger partial charge is 0.249 e. The molecule has 3 rings (SSSR count). The van der Waals surface area contributed by atoms with E-state index >= 15 is 0 Å². The molecule has 0 aliphatic heterocycles. The van der Waals surface area contributed by atoms with Gasteiger partial charge in [-0.05, 0) is 42.8 Å². The fraction of sp³-hybridized carbons (Fsp3) is 0.105. The number of fused-ring (bicyclic) bond motifs is 1. The minimum absolute atomic E-state index is 0.181. The first kappa shape index (κ1) is 19.3. The topological polar surface area (TPSA) is 70.0 Å². The van der Waals surface area contributed by atoms with Gasteiger partial charge in [-0.25, -0.2) is 4.39 Å². The van der Waals surface area contributed by atoms with Gasteiger partial charge in [0.05, 0.1) is 10.9 Å². The molecule has 2 aromatic carbocycles. The second-order valence-electron chi connectivity index (χ2n) is 5.74. The van der Waals surface area contributed by atoms with Crippen molar-refractivity contribution in [1.82, 2.24) is 0 Å². The van der Waals surface area contributed by atoms with E-state index in [0.717, 1.165) is 11.3 Å². The van der Waals surface area contributed by atoms with Crippen molar-refractivity contribution in [3.05, 3.63) is 62.7 Å². The first-order chi connectivity index (χ1) is 12.8. The Kier molecular flexibility index (Phi) is 5.47. The minimum atomic E-state index is -1.59. The Hall–Kier alpha value is -2.46. The molecule has 0 saturated heterocycles. The highest BCUT2D eigenvalue weighted by molar-refractivity contribution is 7.21. The molecule has 0 spiro atoms. The third-order valence-electron chi connectivity index (χ3n) is 3.91. The van der Waals surface area contributed by atoms with Gasteiger partial charge in [0.15, 0.2) is 11.7 Å². The fourth-order valence-corrected chi connectivity index (χ4v) is 4.42. The standard InChI is InChI=1S/C19H11Cl2FN2O2S/c1-9-16-14(22)3-2-4-15(16)27-18(9)17(25)13(8-23)19(26)24-12-6-10(20)5-11(21)7-12/h2-7,13H,1H3,(H,24,26)/t13-/m0/s1. The molecule has 0 aliphatic rings. The lowest BCUT2D eigenvalue weighted by atomic mass is 10.00. The largest absolute Gasteiger partial charge is 0.324 e. The molecule has 1 amide bonds. The molecule has 0 radical (unpaired) electrons. The van der Waals surface area contributed by atoms with Crippen molar-refractivity contribution in [1.29, 1.82) is 5.26 Å². The summed E-state index contributed by atoms with van der Waals surface area (Å²) in [6, 6.07) is 10.6. The number of Topliss-reactive ketones (excluding diaryl/α,β-unsaturated/α-hetero) is 1. The molecule has 3 aromatic rings. The summed E-state index contributed by atoms with van der Waals surface area (Å²) in [5.41, 5.74) is 0.682. The zero-order chi connectivity index (χ0) is 19.7. The van der Waals surface area contributed by atoms with E-state index in [1.165, 1.54) is 24.3 Å².